The maximum absolute atomic E-state index is 7.18. The summed E-state index contributed by atoms with van der Waals surface area (Å²) in [5.74, 6) is 0. The van der Waals surface area contributed by atoms with Gasteiger partial charge in [-0.15, -0.1) is 32.8 Å². The molecule has 0 bridgehead atoms. The van der Waals surface area contributed by atoms with Crippen molar-refractivity contribution >= 4 is 353 Å². The number of furan rings is 1. The quantitative estimate of drug-likeness (QED) is 0.155. The Balaban J connectivity index is 1.27. The highest BCUT2D eigenvalue weighted by atomic mass is 16.3. The topological polar surface area (TPSA) is 16.4 Å². The first-order chi connectivity index (χ1) is 34.9. The van der Waals surface area contributed by atoms with Gasteiger partial charge in [0.05, 0.1) is 0 Å². The van der Waals surface area contributed by atoms with Crippen LogP contribution in [0.1, 0.15) is 0 Å². The van der Waals surface area contributed by atoms with E-state index in [1.54, 1.807) is 12.1 Å². The van der Waals surface area contributed by atoms with E-state index in [1.807, 2.05) is 54.6 Å². The van der Waals surface area contributed by atoms with Gasteiger partial charge >= 0.3 is 0 Å². The van der Waals surface area contributed by atoms with E-state index in [0.29, 0.717) is 5.69 Å². The zero-order valence-corrected chi connectivity index (χ0v) is 39.4. The standard InChI is InChI=1S/C50H11B22NO/c51-27-21(19-23(31(55)39(27)63)33(57)43(67)41(65)29(19)53)25-35(59)45(69)49(46(70)36(25)60)73(14-8-5-12(6-9-14)13-7-10-18-16(11-13)15-3-1-2-4-17(15)74-18)50-47(71)37(61)26(38(62)48(50)72)22-20-24(32(56)40(64)28(22)52)34(58)44(68)42(66)30(20)54/h1-11H. The molecule has 0 unspecified atom stereocenters. The van der Waals surface area contributed by atoms with E-state index in [2.05, 4.69) is 0 Å². The van der Waals surface area contributed by atoms with Gasteiger partial charge in [-0.25, -0.2) is 0 Å². The molecule has 0 amide bonds. The second kappa shape index (κ2) is 18.7. The molecule has 0 spiro atoms. The Labute approximate surface area is 459 Å². The lowest BCUT2D eigenvalue weighted by atomic mass is 9.56. The van der Waals surface area contributed by atoms with Gasteiger partial charge in [0.25, 0.3) is 0 Å². The molecule has 0 fully saturated rings. The average Bonchev–Trinajstić information content (AvgIpc) is 3.77. The van der Waals surface area contributed by atoms with Crippen LogP contribution in [-0.2, 0) is 0 Å². The monoisotopic (exact) mass is 883 g/mol. The fraction of sp³-hybridized carbons (Fsp3) is 0. The van der Waals surface area contributed by atoms with Crippen LogP contribution in [-0.4, -0.2) is 173 Å². The number of rotatable bonds is 6. The summed E-state index contributed by atoms with van der Waals surface area (Å²) in [6.07, 6.45) is 0. The Kier molecular flexibility index (Phi) is 13.1. The second-order valence-corrected chi connectivity index (χ2v) is 18.0. The summed E-state index contributed by atoms with van der Waals surface area (Å²) >= 11 is 0. The van der Waals surface area contributed by atoms with E-state index < -0.39 is 0 Å². The Morgan fingerprint density at radius 2 is 0.581 bits per heavy atom. The van der Waals surface area contributed by atoms with Gasteiger partial charge in [-0.1, -0.05) is 124 Å². The second-order valence-electron chi connectivity index (χ2n) is 18.0. The average molecular weight is 880 g/mol. The van der Waals surface area contributed by atoms with Crippen LogP contribution in [0.4, 0.5) is 17.1 Å². The third kappa shape index (κ3) is 7.40. The molecule has 9 aromatic carbocycles. The Hall–Kier alpha value is -5.47. The molecule has 0 aliphatic rings. The molecule has 0 saturated heterocycles. The molecule has 10 aromatic rings. The lowest BCUT2D eigenvalue weighted by molar-refractivity contribution is 0.669. The normalized spacial score (nSPS) is 11.6. The molecule has 0 aliphatic carbocycles. The summed E-state index contributed by atoms with van der Waals surface area (Å²) < 4.78 is 6.09. The van der Waals surface area contributed by atoms with Crippen LogP contribution in [0, 0.1) is 0 Å². The van der Waals surface area contributed by atoms with Crippen molar-refractivity contribution in [3.63, 3.8) is 0 Å². The van der Waals surface area contributed by atoms with E-state index in [4.69, 9.17) is 177 Å². The molecule has 1 aromatic heterocycles. The molecule has 0 atom stereocenters. The number of para-hydroxylation sites is 1. The molecule has 44 radical (unpaired) electrons. The van der Waals surface area contributed by atoms with Crippen molar-refractivity contribution < 1.29 is 4.42 Å². The van der Waals surface area contributed by atoms with Crippen molar-refractivity contribution in [3.8, 4) is 33.4 Å². The minimum absolute atomic E-state index is 0.000987. The number of hydrogen-bond donors (Lipinski definition) is 0. The minimum Gasteiger partial charge on any atom is -0.456 e. The maximum atomic E-state index is 7.18. The van der Waals surface area contributed by atoms with Gasteiger partial charge in [-0.05, 0) is 85.3 Å². The molecule has 74 heavy (non-hydrogen) atoms. The van der Waals surface area contributed by atoms with Crippen LogP contribution in [0.5, 0.6) is 0 Å². The molecule has 2 nitrogen and oxygen atoms in total. The maximum Gasteiger partial charge on any atom is 0.135 e. The van der Waals surface area contributed by atoms with E-state index >= 15 is 0 Å². The number of nitrogens with zero attached hydrogens (tertiary/aromatic N) is 1. The number of hydrogen-bond acceptors (Lipinski definition) is 2. The fourth-order valence-electron chi connectivity index (χ4n) is 10.1. The third-order valence-corrected chi connectivity index (χ3v) is 14.1. The molecule has 0 saturated carbocycles. The van der Waals surface area contributed by atoms with Gasteiger partial charge in [-0.3, -0.25) is 0 Å². The predicted octanol–water partition coefficient (Wildman–Crippen LogP) is -12.2. The first kappa shape index (κ1) is 52.0. The van der Waals surface area contributed by atoms with Crippen LogP contribution in [0.25, 0.3) is 76.9 Å². The third-order valence-electron chi connectivity index (χ3n) is 14.1. The molecular formula is C50H11B22NO. The SMILES string of the molecule is [B]c1c([B])c(N(c2ccc(-c3ccc4oc5ccccc5c4c3)cc2)c2c([B])c([B])c(-c3c([B])c([B])c([B])c4c([B])c([B])c([B])c([B])c34)c([B])c2[B])c([B])c([B])c1-c1c([B])c([B])c([B])c2c([B])c([B])c([B])c([B])c12. The zero-order chi connectivity index (χ0) is 53.6. The van der Waals surface area contributed by atoms with E-state index in [1.165, 1.54) is 4.90 Å². The number of benzene rings is 9. The number of anilines is 3. The van der Waals surface area contributed by atoms with Crippen LogP contribution in [0.2, 0.25) is 0 Å². The largest absolute Gasteiger partial charge is 0.456 e. The summed E-state index contributed by atoms with van der Waals surface area (Å²) in [4.78, 5) is 1.51. The van der Waals surface area contributed by atoms with Crippen LogP contribution in [0.3, 0.4) is 0 Å². The predicted molar refractivity (Wildman–Crippen MR) is 338 cm³/mol. The highest BCUT2D eigenvalue weighted by Gasteiger charge is 2.29. The molecule has 0 aliphatic heterocycles. The van der Waals surface area contributed by atoms with E-state index in [-0.39, 0.29) is 175 Å². The van der Waals surface area contributed by atoms with Gasteiger partial charge < -0.3 is 9.32 Å². The van der Waals surface area contributed by atoms with Gasteiger partial charge in [0.1, 0.15) is 184 Å². The smallest absolute Gasteiger partial charge is 0.135 e. The van der Waals surface area contributed by atoms with Crippen LogP contribution in [0.15, 0.2) is 71.1 Å². The first-order valence-corrected chi connectivity index (χ1v) is 22.3. The lowest BCUT2D eigenvalue weighted by Gasteiger charge is -2.38. The highest BCUT2D eigenvalue weighted by molar-refractivity contribution is 6.76. The Bertz CT molecular complexity index is 3910. The lowest BCUT2D eigenvalue weighted by Crippen LogP contribution is -2.54. The Morgan fingerprint density at radius 3 is 0.986 bits per heavy atom. The summed E-state index contributed by atoms with van der Waals surface area (Å²) in [5, 5.41) is 2.40. The highest BCUT2D eigenvalue weighted by Crippen LogP contribution is 2.36. The van der Waals surface area contributed by atoms with Gasteiger partial charge in [0.15, 0.2) is 0 Å². The number of fused-ring (bicyclic) bond motifs is 5. The van der Waals surface area contributed by atoms with Gasteiger partial charge in [0.2, 0.25) is 0 Å². The van der Waals surface area contributed by atoms with Gasteiger partial charge in [-0.2, -0.15) is 0 Å². The Morgan fingerprint density at radius 1 is 0.257 bits per heavy atom. The van der Waals surface area contributed by atoms with Crippen molar-refractivity contribution in [2.75, 3.05) is 4.90 Å². The minimum atomic E-state index is -0.177. The van der Waals surface area contributed by atoms with Crippen molar-refractivity contribution in [1.82, 2.24) is 0 Å². The molecule has 1 heterocycles. The van der Waals surface area contributed by atoms with Gasteiger partial charge in [0, 0.05) is 27.8 Å². The molecular weight excluding hydrogens is 868 g/mol. The molecule has 10 rings (SSSR count). The van der Waals surface area contributed by atoms with Crippen LogP contribution >= 0.6 is 0 Å². The molecule has 0 N–H and O–H groups in total. The van der Waals surface area contributed by atoms with Crippen molar-refractivity contribution in [2.45, 2.75) is 0 Å². The van der Waals surface area contributed by atoms with Crippen molar-refractivity contribution in [2.24, 2.45) is 0 Å². The van der Waals surface area contributed by atoms with E-state index in [9.17, 15) is 0 Å². The molecule has 288 valence electrons. The first-order valence-electron chi connectivity index (χ1n) is 22.3. The van der Waals surface area contributed by atoms with E-state index in [0.717, 1.165) is 33.1 Å². The summed E-state index contributed by atoms with van der Waals surface area (Å²) in [5.41, 5.74) is 1.32. The molecule has 24 heteroatoms. The summed E-state index contributed by atoms with van der Waals surface area (Å²) in [6, 6.07) is 20.9. The summed E-state index contributed by atoms with van der Waals surface area (Å²) in [7, 11) is 148. The van der Waals surface area contributed by atoms with Crippen LogP contribution < -0.4 is 125 Å². The van der Waals surface area contributed by atoms with Crippen molar-refractivity contribution in [3.05, 3.63) is 66.7 Å². The summed E-state index contributed by atoms with van der Waals surface area (Å²) in [6.45, 7) is 0. The fourth-order valence-corrected chi connectivity index (χ4v) is 10.1. The zero-order valence-electron chi connectivity index (χ0n) is 39.4. The van der Waals surface area contributed by atoms with Crippen molar-refractivity contribution in [1.29, 1.82) is 0 Å².